The van der Waals surface area contributed by atoms with E-state index in [-0.39, 0.29) is 0 Å². The molecule has 1 aromatic rings. The molecular weight excluding hydrogens is 234 g/mol. The smallest absolute Gasteiger partial charge is 0.191 e. The maximum absolute atomic E-state index is 5.97. The van der Waals surface area contributed by atoms with Gasteiger partial charge in [0.25, 0.3) is 0 Å². The zero-order valence-corrected chi connectivity index (χ0v) is 11.0. The van der Waals surface area contributed by atoms with Crippen LogP contribution in [0.4, 0.5) is 0 Å². The van der Waals surface area contributed by atoms with Crippen LogP contribution in [0.15, 0.2) is 17.4 Å². The van der Waals surface area contributed by atoms with Gasteiger partial charge in [-0.3, -0.25) is 4.99 Å². The third-order valence-electron chi connectivity index (χ3n) is 2.87. The quantitative estimate of drug-likeness (QED) is 0.631. The molecule has 1 aliphatic rings. The topological polar surface area (TPSA) is 59.4 Å². The molecular formula is C11H19N5S. The summed E-state index contributed by atoms with van der Waals surface area (Å²) in [6.45, 7) is 5.59. The van der Waals surface area contributed by atoms with E-state index in [1.165, 1.54) is 0 Å². The van der Waals surface area contributed by atoms with Crippen LogP contribution in [-0.4, -0.2) is 51.6 Å². The van der Waals surface area contributed by atoms with Crippen molar-refractivity contribution in [1.29, 1.82) is 0 Å². The Kier molecular flexibility index (Phi) is 4.30. The van der Waals surface area contributed by atoms with Crippen molar-refractivity contribution in [2.24, 2.45) is 10.7 Å². The predicted molar refractivity (Wildman–Crippen MR) is 72.4 cm³/mol. The molecule has 0 atom stereocenters. The van der Waals surface area contributed by atoms with E-state index in [9.17, 15) is 0 Å². The summed E-state index contributed by atoms with van der Waals surface area (Å²) in [5.41, 5.74) is 5.97. The number of nitrogens with zero attached hydrogens (tertiary/aromatic N) is 4. The lowest BCUT2D eigenvalue weighted by molar-refractivity contribution is 0.455. The van der Waals surface area contributed by atoms with E-state index < -0.39 is 0 Å². The Labute approximate surface area is 106 Å². The number of rotatable bonds is 3. The van der Waals surface area contributed by atoms with Gasteiger partial charge in [0.05, 0.1) is 6.54 Å². The second-order valence-electron chi connectivity index (χ2n) is 4.01. The fourth-order valence-electron chi connectivity index (χ4n) is 1.80. The third-order valence-corrected chi connectivity index (χ3v) is 3.82. The molecule has 2 heterocycles. The van der Waals surface area contributed by atoms with Crippen molar-refractivity contribution >= 4 is 17.7 Å². The molecule has 0 unspecified atom stereocenters. The molecule has 1 aromatic heterocycles. The van der Waals surface area contributed by atoms with Crippen LogP contribution < -0.4 is 5.73 Å². The molecule has 0 saturated carbocycles. The summed E-state index contributed by atoms with van der Waals surface area (Å²) in [5.74, 6) is 4.00. The minimum atomic E-state index is 0.683. The van der Waals surface area contributed by atoms with Crippen LogP contribution in [0.25, 0.3) is 0 Å². The molecule has 0 bridgehead atoms. The van der Waals surface area contributed by atoms with Gasteiger partial charge in [-0.2, -0.15) is 11.8 Å². The van der Waals surface area contributed by atoms with Gasteiger partial charge >= 0.3 is 0 Å². The van der Waals surface area contributed by atoms with Gasteiger partial charge in [0.1, 0.15) is 5.82 Å². The van der Waals surface area contributed by atoms with E-state index in [4.69, 9.17) is 5.73 Å². The first kappa shape index (κ1) is 12.3. The lowest BCUT2D eigenvalue weighted by Gasteiger charge is -2.27. The molecule has 1 fully saturated rings. The number of imidazole rings is 1. The van der Waals surface area contributed by atoms with E-state index >= 15 is 0 Å². The van der Waals surface area contributed by atoms with Crippen molar-refractivity contribution in [2.75, 3.05) is 31.1 Å². The molecule has 0 amide bonds. The van der Waals surface area contributed by atoms with Crippen molar-refractivity contribution in [3.8, 4) is 0 Å². The lowest BCUT2D eigenvalue weighted by Crippen LogP contribution is -2.42. The van der Waals surface area contributed by atoms with Gasteiger partial charge in [-0.15, -0.1) is 0 Å². The number of hydrogen-bond donors (Lipinski definition) is 1. The highest BCUT2D eigenvalue weighted by Gasteiger charge is 2.11. The SMILES string of the molecule is Cc1nccn1CCN=C(N)N1CCSCC1. The molecule has 94 valence electrons. The molecule has 2 rings (SSSR count). The zero-order chi connectivity index (χ0) is 12.1. The zero-order valence-electron chi connectivity index (χ0n) is 10.2. The van der Waals surface area contributed by atoms with Crippen molar-refractivity contribution < 1.29 is 0 Å². The molecule has 5 nitrogen and oxygen atoms in total. The number of aliphatic imine (C=N–C) groups is 1. The maximum Gasteiger partial charge on any atom is 0.191 e. The van der Waals surface area contributed by atoms with Crippen molar-refractivity contribution in [1.82, 2.24) is 14.5 Å². The summed E-state index contributed by atoms with van der Waals surface area (Å²) >= 11 is 1.98. The molecule has 1 saturated heterocycles. The molecule has 6 heteroatoms. The summed E-state index contributed by atoms with van der Waals surface area (Å²) < 4.78 is 2.09. The van der Waals surface area contributed by atoms with Crippen LogP contribution in [-0.2, 0) is 6.54 Å². The normalized spacial score (nSPS) is 17.5. The van der Waals surface area contributed by atoms with Crippen LogP contribution in [0, 0.1) is 6.92 Å². The first-order valence-corrected chi connectivity index (χ1v) is 7.03. The van der Waals surface area contributed by atoms with Crippen LogP contribution in [0.2, 0.25) is 0 Å². The summed E-state index contributed by atoms with van der Waals surface area (Å²) in [4.78, 5) is 10.8. The largest absolute Gasteiger partial charge is 0.370 e. The Morgan fingerprint density at radius 1 is 1.53 bits per heavy atom. The summed E-state index contributed by atoms with van der Waals surface area (Å²) in [6, 6.07) is 0. The van der Waals surface area contributed by atoms with Crippen molar-refractivity contribution in [3.05, 3.63) is 18.2 Å². The van der Waals surface area contributed by atoms with E-state index in [2.05, 4.69) is 19.4 Å². The van der Waals surface area contributed by atoms with Gasteiger partial charge < -0.3 is 15.2 Å². The Bertz CT molecular complexity index is 381. The third kappa shape index (κ3) is 3.39. The Hall–Kier alpha value is -1.17. The molecule has 0 aliphatic carbocycles. The van der Waals surface area contributed by atoms with Crippen LogP contribution in [0.3, 0.4) is 0 Å². The minimum absolute atomic E-state index is 0.683. The van der Waals surface area contributed by atoms with Crippen molar-refractivity contribution in [3.63, 3.8) is 0 Å². The average Bonchev–Trinajstić information content (AvgIpc) is 2.76. The predicted octanol–water partition coefficient (Wildman–Crippen LogP) is 0.555. The molecule has 17 heavy (non-hydrogen) atoms. The standard InChI is InChI=1S/C11H19N5S/c1-10-13-2-4-15(10)5-3-14-11(12)16-6-8-17-9-7-16/h2,4H,3,5-9H2,1H3,(H2,12,14). The number of aryl methyl sites for hydroxylation is 1. The van der Waals surface area contributed by atoms with Crippen LogP contribution >= 0.6 is 11.8 Å². The van der Waals surface area contributed by atoms with Crippen LogP contribution in [0.5, 0.6) is 0 Å². The first-order valence-electron chi connectivity index (χ1n) is 5.88. The minimum Gasteiger partial charge on any atom is -0.370 e. The Morgan fingerprint density at radius 2 is 2.29 bits per heavy atom. The average molecular weight is 253 g/mol. The van der Waals surface area contributed by atoms with E-state index in [1.807, 2.05) is 31.1 Å². The second-order valence-corrected chi connectivity index (χ2v) is 5.23. The number of hydrogen-bond acceptors (Lipinski definition) is 3. The number of guanidine groups is 1. The number of thioether (sulfide) groups is 1. The fraction of sp³-hybridized carbons (Fsp3) is 0.636. The molecule has 0 spiro atoms. The molecule has 0 aromatic carbocycles. The highest BCUT2D eigenvalue weighted by molar-refractivity contribution is 7.99. The number of aromatic nitrogens is 2. The van der Waals surface area contributed by atoms with Gasteiger partial charge in [0.2, 0.25) is 0 Å². The molecule has 0 radical (unpaired) electrons. The van der Waals surface area contributed by atoms with E-state index in [0.717, 1.165) is 37.0 Å². The van der Waals surface area contributed by atoms with Crippen LogP contribution in [0.1, 0.15) is 5.82 Å². The summed E-state index contributed by atoms with van der Waals surface area (Å²) in [7, 11) is 0. The number of nitrogens with two attached hydrogens (primary N) is 1. The van der Waals surface area contributed by atoms with Gasteiger partial charge in [-0.1, -0.05) is 0 Å². The molecule has 1 aliphatic heterocycles. The first-order chi connectivity index (χ1) is 8.27. The fourth-order valence-corrected chi connectivity index (χ4v) is 2.71. The highest BCUT2D eigenvalue weighted by Crippen LogP contribution is 2.08. The Morgan fingerprint density at radius 3 is 2.94 bits per heavy atom. The van der Waals surface area contributed by atoms with Gasteiger partial charge in [0, 0.05) is 43.5 Å². The monoisotopic (exact) mass is 253 g/mol. The summed E-state index contributed by atoms with van der Waals surface area (Å²) in [5, 5.41) is 0. The van der Waals surface area contributed by atoms with Crippen molar-refractivity contribution in [2.45, 2.75) is 13.5 Å². The van der Waals surface area contributed by atoms with Gasteiger partial charge in [-0.25, -0.2) is 4.98 Å². The second kappa shape index (κ2) is 5.95. The van der Waals surface area contributed by atoms with E-state index in [0.29, 0.717) is 12.5 Å². The van der Waals surface area contributed by atoms with E-state index in [1.54, 1.807) is 0 Å². The maximum atomic E-state index is 5.97. The highest BCUT2D eigenvalue weighted by atomic mass is 32.2. The summed E-state index contributed by atoms with van der Waals surface area (Å²) in [6.07, 6.45) is 3.78. The lowest BCUT2D eigenvalue weighted by atomic mass is 10.5. The molecule has 2 N–H and O–H groups in total. The van der Waals surface area contributed by atoms with Gasteiger partial charge in [-0.05, 0) is 6.92 Å². The Balaban J connectivity index is 1.81. The van der Waals surface area contributed by atoms with Gasteiger partial charge in [0.15, 0.2) is 5.96 Å².